The molecular weight excluding hydrogens is 393 g/mol. The Morgan fingerprint density at radius 3 is 2.58 bits per heavy atom. The molecule has 0 saturated carbocycles. The number of hydrogen-bond acceptors (Lipinski definition) is 4. The first-order valence-corrected chi connectivity index (χ1v) is 9.60. The van der Waals surface area contributed by atoms with Crippen molar-refractivity contribution in [2.75, 3.05) is 0 Å². The topological polar surface area (TPSA) is 78.0 Å². The zero-order valence-electron chi connectivity index (χ0n) is 14.5. The number of rotatable bonds is 4. The molecule has 26 heavy (non-hydrogen) atoms. The van der Waals surface area contributed by atoms with Gasteiger partial charge in [0.15, 0.2) is 0 Å². The predicted molar refractivity (Wildman–Crippen MR) is 107 cm³/mol. The highest BCUT2D eigenvalue weighted by atomic mass is 35.5. The van der Waals surface area contributed by atoms with E-state index in [0.29, 0.717) is 32.5 Å². The van der Waals surface area contributed by atoms with Crippen molar-refractivity contribution >= 4 is 50.7 Å². The lowest BCUT2D eigenvalue weighted by atomic mass is 10.0. The Labute approximate surface area is 164 Å². The molecule has 2 heterocycles. The second-order valence-corrected chi connectivity index (χ2v) is 8.02. The molecule has 0 aliphatic rings. The molecule has 0 bridgehead atoms. The zero-order valence-corrected chi connectivity index (χ0v) is 16.8. The summed E-state index contributed by atoms with van der Waals surface area (Å²) in [6.07, 6.45) is 0.411. The molecule has 0 saturated heterocycles. The van der Waals surface area contributed by atoms with Crippen LogP contribution in [0.25, 0.3) is 21.3 Å². The van der Waals surface area contributed by atoms with E-state index in [4.69, 9.17) is 28.9 Å². The van der Waals surface area contributed by atoms with Gasteiger partial charge in [-0.05, 0) is 38.0 Å². The van der Waals surface area contributed by atoms with Crippen molar-refractivity contribution in [3.63, 3.8) is 0 Å². The van der Waals surface area contributed by atoms with Crippen molar-refractivity contribution in [1.29, 1.82) is 0 Å². The fourth-order valence-corrected chi connectivity index (χ4v) is 4.53. The molecular formula is C18H17Cl2N3O2S. The summed E-state index contributed by atoms with van der Waals surface area (Å²) in [6, 6.07) is 4.51. The molecule has 1 amide bonds. The molecule has 2 aromatic heterocycles. The van der Waals surface area contributed by atoms with Gasteiger partial charge in [-0.3, -0.25) is 14.2 Å². The molecule has 0 spiro atoms. The Morgan fingerprint density at radius 1 is 1.31 bits per heavy atom. The number of hydrogen-bond donors (Lipinski definition) is 1. The van der Waals surface area contributed by atoms with Crippen molar-refractivity contribution in [2.45, 2.75) is 33.2 Å². The van der Waals surface area contributed by atoms with Crippen LogP contribution in [0, 0.1) is 13.8 Å². The molecule has 8 heteroatoms. The molecule has 5 nitrogen and oxygen atoms in total. The first-order valence-electron chi connectivity index (χ1n) is 8.03. The lowest BCUT2D eigenvalue weighted by Gasteiger charge is -2.17. The number of halogens is 2. The largest absolute Gasteiger partial charge is 0.368 e. The highest BCUT2D eigenvalue weighted by Crippen LogP contribution is 2.38. The number of amides is 1. The lowest BCUT2D eigenvalue weighted by molar-refractivity contribution is -0.121. The SMILES string of the molecule is CCC(C(N)=O)n1c(C)nc2sc(C)c(-c3ccc(Cl)c(Cl)c3)c2c1=O. The maximum atomic E-state index is 13.3. The quantitative estimate of drug-likeness (QED) is 0.689. The van der Waals surface area contributed by atoms with E-state index in [9.17, 15) is 9.59 Å². The summed E-state index contributed by atoms with van der Waals surface area (Å²) < 4.78 is 1.39. The van der Waals surface area contributed by atoms with Gasteiger partial charge in [-0.1, -0.05) is 36.2 Å². The van der Waals surface area contributed by atoms with Crippen LogP contribution in [0.1, 0.15) is 30.1 Å². The van der Waals surface area contributed by atoms with Crippen LogP contribution in [-0.2, 0) is 4.79 Å². The number of aryl methyl sites for hydroxylation is 2. The Hall–Kier alpha value is -1.89. The summed E-state index contributed by atoms with van der Waals surface area (Å²) in [4.78, 5) is 31.2. The van der Waals surface area contributed by atoms with Crippen molar-refractivity contribution in [3.05, 3.63) is 49.3 Å². The number of aromatic nitrogens is 2. The van der Waals surface area contributed by atoms with E-state index < -0.39 is 11.9 Å². The normalized spacial score (nSPS) is 12.5. The number of fused-ring (bicyclic) bond motifs is 1. The molecule has 136 valence electrons. The summed E-state index contributed by atoms with van der Waals surface area (Å²) >= 11 is 13.6. The number of nitrogens with zero attached hydrogens (tertiary/aromatic N) is 2. The third-order valence-corrected chi connectivity index (χ3v) is 6.08. The number of carbonyl (C=O) groups is 1. The second-order valence-electron chi connectivity index (χ2n) is 6.00. The average Bonchev–Trinajstić information content (AvgIpc) is 2.89. The Bertz CT molecular complexity index is 1090. The molecule has 1 unspecified atom stereocenters. The van der Waals surface area contributed by atoms with E-state index >= 15 is 0 Å². The number of primary amides is 1. The highest BCUT2D eigenvalue weighted by molar-refractivity contribution is 7.19. The van der Waals surface area contributed by atoms with Crippen LogP contribution in [0.15, 0.2) is 23.0 Å². The Balaban J connectivity index is 2.39. The standard InChI is InChI=1S/C18H17Cl2N3O2S/c1-4-13(16(21)24)23-9(3)22-17-15(18(23)25)14(8(2)26-17)10-5-6-11(19)12(20)7-10/h5-7,13H,4H2,1-3H3,(H2,21,24). The predicted octanol–water partition coefficient (Wildman–Crippen LogP) is 4.49. The van der Waals surface area contributed by atoms with Crippen molar-refractivity contribution < 1.29 is 4.79 Å². The molecule has 0 aliphatic heterocycles. The van der Waals surface area contributed by atoms with Gasteiger partial charge in [-0.2, -0.15) is 0 Å². The molecule has 0 radical (unpaired) electrons. The van der Waals surface area contributed by atoms with Crippen molar-refractivity contribution in [1.82, 2.24) is 9.55 Å². The minimum atomic E-state index is -0.735. The summed E-state index contributed by atoms with van der Waals surface area (Å²) in [6.45, 7) is 5.44. The summed E-state index contributed by atoms with van der Waals surface area (Å²) in [5, 5.41) is 1.32. The first-order chi connectivity index (χ1) is 12.3. The van der Waals surface area contributed by atoms with Gasteiger partial charge >= 0.3 is 0 Å². The Kier molecular flexibility index (Phi) is 5.10. The number of benzene rings is 1. The maximum Gasteiger partial charge on any atom is 0.263 e. The summed E-state index contributed by atoms with van der Waals surface area (Å²) in [7, 11) is 0. The molecule has 0 aliphatic carbocycles. The van der Waals surface area contributed by atoms with Gasteiger partial charge in [0, 0.05) is 10.4 Å². The van der Waals surface area contributed by atoms with E-state index in [0.717, 1.165) is 16.0 Å². The van der Waals surface area contributed by atoms with Crippen LogP contribution >= 0.6 is 34.5 Å². The van der Waals surface area contributed by atoms with Crippen molar-refractivity contribution in [3.8, 4) is 11.1 Å². The molecule has 2 N–H and O–H groups in total. The van der Waals surface area contributed by atoms with Gasteiger partial charge in [0.1, 0.15) is 16.7 Å². The third kappa shape index (κ3) is 3.02. The zero-order chi connectivity index (χ0) is 19.2. The van der Waals surface area contributed by atoms with Crippen LogP contribution in [0.4, 0.5) is 0 Å². The summed E-state index contributed by atoms with van der Waals surface area (Å²) in [5.74, 6) is -0.0861. The first kappa shape index (κ1) is 18.9. The Morgan fingerprint density at radius 2 is 2.00 bits per heavy atom. The fourth-order valence-electron chi connectivity index (χ4n) is 3.15. The minimum absolute atomic E-state index is 0.274. The number of nitrogens with two attached hydrogens (primary N) is 1. The molecule has 3 rings (SSSR count). The summed E-state index contributed by atoms with van der Waals surface area (Å²) in [5.41, 5.74) is 6.76. The second kappa shape index (κ2) is 7.02. The van der Waals surface area contributed by atoms with Crippen LogP contribution in [-0.4, -0.2) is 15.5 Å². The molecule has 3 aromatic rings. The van der Waals surface area contributed by atoms with Gasteiger partial charge in [-0.15, -0.1) is 11.3 Å². The molecule has 1 aromatic carbocycles. The van der Waals surface area contributed by atoms with Gasteiger partial charge in [0.25, 0.3) is 5.56 Å². The van der Waals surface area contributed by atoms with Crippen LogP contribution in [0.3, 0.4) is 0 Å². The van der Waals surface area contributed by atoms with Gasteiger partial charge in [0.05, 0.1) is 15.4 Å². The average molecular weight is 410 g/mol. The van der Waals surface area contributed by atoms with E-state index in [2.05, 4.69) is 4.98 Å². The van der Waals surface area contributed by atoms with Crippen LogP contribution < -0.4 is 11.3 Å². The fraction of sp³-hybridized carbons (Fsp3) is 0.278. The molecule has 1 atom stereocenters. The van der Waals surface area contributed by atoms with Gasteiger partial charge in [0.2, 0.25) is 5.91 Å². The number of thiophene rings is 1. The van der Waals surface area contributed by atoms with E-state index in [1.807, 2.05) is 19.9 Å². The number of carbonyl (C=O) groups excluding carboxylic acids is 1. The monoisotopic (exact) mass is 409 g/mol. The minimum Gasteiger partial charge on any atom is -0.368 e. The van der Waals surface area contributed by atoms with Crippen molar-refractivity contribution in [2.24, 2.45) is 5.73 Å². The van der Waals surface area contributed by atoms with Crippen LogP contribution in [0.2, 0.25) is 10.0 Å². The molecule has 0 fully saturated rings. The smallest absolute Gasteiger partial charge is 0.263 e. The van der Waals surface area contributed by atoms with Gasteiger partial charge in [-0.25, -0.2) is 4.98 Å². The van der Waals surface area contributed by atoms with Gasteiger partial charge < -0.3 is 5.73 Å². The third-order valence-electron chi connectivity index (χ3n) is 4.35. The van der Waals surface area contributed by atoms with E-state index in [-0.39, 0.29) is 5.56 Å². The highest BCUT2D eigenvalue weighted by Gasteiger charge is 2.24. The van der Waals surface area contributed by atoms with E-state index in [1.165, 1.54) is 15.9 Å². The van der Waals surface area contributed by atoms with Crippen LogP contribution in [0.5, 0.6) is 0 Å². The maximum absolute atomic E-state index is 13.3. The lowest BCUT2D eigenvalue weighted by Crippen LogP contribution is -2.35. The van der Waals surface area contributed by atoms with E-state index in [1.54, 1.807) is 19.1 Å².